The second-order valence-electron chi connectivity index (χ2n) is 3.33. The van der Waals surface area contributed by atoms with Crippen LogP contribution in [0.4, 0.5) is 11.4 Å². The first-order chi connectivity index (χ1) is 7.67. The number of anilines is 2. The zero-order chi connectivity index (χ0) is 11.7. The van der Waals surface area contributed by atoms with E-state index in [0.717, 1.165) is 4.90 Å². The Balaban J connectivity index is 2.46. The SMILES string of the molecule is COc1cc(N)c2c(c1N)OCC(OC)S2. The summed E-state index contributed by atoms with van der Waals surface area (Å²) < 4.78 is 15.9. The molecule has 0 radical (unpaired) electrons. The minimum atomic E-state index is -0.0532. The van der Waals surface area contributed by atoms with Gasteiger partial charge in [0.1, 0.15) is 23.5 Å². The fourth-order valence-corrected chi connectivity index (χ4v) is 2.48. The van der Waals surface area contributed by atoms with E-state index in [-0.39, 0.29) is 5.44 Å². The van der Waals surface area contributed by atoms with E-state index in [1.807, 2.05) is 0 Å². The number of hydrogen-bond donors (Lipinski definition) is 2. The van der Waals surface area contributed by atoms with Gasteiger partial charge in [-0.25, -0.2) is 0 Å². The first kappa shape index (κ1) is 11.2. The predicted molar refractivity (Wildman–Crippen MR) is 64.0 cm³/mol. The zero-order valence-corrected chi connectivity index (χ0v) is 9.97. The zero-order valence-electron chi connectivity index (χ0n) is 9.15. The van der Waals surface area contributed by atoms with E-state index >= 15 is 0 Å². The van der Waals surface area contributed by atoms with Crippen LogP contribution in [0.15, 0.2) is 11.0 Å². The van der Waals surface area contributed by atoms with E-state index in [9.17, 15) is 0 Å². The minimum absolute atomic E-state index is 0.0532. The van der Waals surface area contributed by atoms with Gasteiger partial charge < -0.3 is 25.7 Å². The maximum absolute atomic E-state index is 5.91. The van der Waals surface area contributed by atoms with Crippen LogP contribution in [0, 0.1) is 0 Å². The number of nitrogens with two attached hydrogens (primary N) is 2. The Labute approximate surface area is 98.0 Å². The monoisotopic (exact) mass is 242 g/mol. The van der Waals surface area contributed by atoms with E-state index in [0.29, 0.717) is 29.5 Å². The number of fused-ring (bicyclic) bond motifs is 1. The van der Waals surface area contributed by atoms with Gasteiger partial charge in [-0.05, 0) is 0 Å². The summed E-state index contributed by atoms with van der Waals surface area (Å²) in [4.78, 5) is 0.816. The topological polar surface area (TPSA) is 79.7 Å². The molecule has 4 N–H and O–H groups in total. The molecule has 0 spiro atoms. The molecule has 0 fully saturated rings. The fraction of sp³-hybridized carbons (Fsp3) is 0.400. The second kappa shape index (κ2) is 4.31. The van der Waals surface area contributed by atoms with Crippen molar-refractivity contribution in [2.24, 2.45) is 0 Å². The van der Waals surface area contributed by atoms with Crippen LogP contribution in [0.1, 0.15) is 0 Å². The van der Waals surface area contributed by atoms with Crippen molar-refractivity contribution in [3.63, 3.8) is 0 Å². The van der Waals surface area contributed by atoms with E-state index in [4.69, 9.17) is 25.7 Å². The Kier molecular flexibility index (Phi) is 3.02. The third kappa shape index (κ3) is 1.74. The van der Waals surface area contributed by atoms with Gasteiger partial charge in [-0.2, -0.15) is 0 Å². The lowest BCUT2D eigenvalue weighted by Crippen LogP contribution is -2.22. The first-order valence-electron chi connectivity index (χ1n) is 4.75. The molecular formula is C10H14N2O3S. The number of nitrogen functional groups attached to an aromatic ring is 2. The van der Waals surface area contributed by atoms with Gasteiger partial charge in [-0.1, -0.05) is 11.8 Å². The van der Waals surface area contributed by atoms with Crippen molar-refractivity contribution in [3.05, 3.63) is 6.07 Å². The van der Waals surface area contributed by atoms with E-state index in [2.05, 4.69) is 0 Å². The van der Waals surface area contributed by atoms with Crippen LogP contribution in [-0.4, -0.2) is 26.3 Å². The Hall–Kier alpha value is -1.27. The van der Waals surface area contributed by atoms with Crippen LogP contribution in [0.3, 0.4) is 0 Å². The van der Waals surface area contributed by atoms with Gasteiger partial charge in [-0.15, -0.1) is 0 Å². The molecule has 2 rings (SSSR count). The van der Waals surface area contributed by atoms with Gasteiger partial charge in [0, 0.05) is 13.2 Å². The highest BCUT2D eigenvalue weighted by Gasteiger charge is 2.26. The molecule has 1 unspecified atom stereocenters. The number of thioether (sulfide) groups is 1. The van der Waals surface area contributed by atoms with Gasteiger partial charge in [0.05, 0.1) is 17.7 Å². The average Bonchev–Trinajstić information content (AvgIpc) is 2.33. The summed E-state index contributed by atoms with van der Waals surface area (Å²) in [5, 5.41) is 0. The van der Waals surface area contributed by atoms with Gasteiger partial charge >= 0.3 is 0 Å². The van der Waals surface area contributed by atoms with Gasteiger partial charge in [-0.3, -0.25) is 0 Å². The Morgan fingerprint density at radius 1 is 1.44 bits per heavy atom. The molecule has 1 aliphatic heterocycles. The summed E-state index contributed by atoms with van der Waals surface area (Å²) in [7, 11) is 3.18. The predicted octanol–water partition coefficient (Wildman–Crippen LogP) is 1.32. The van der Waals surface area contributed by atoms with Crippen LogP contribution in [0.25, 0.3) is 0 Å². The second-order valence-corrected chi connectivity index (χ2v) is 4.50. The quantitative estimate of drug-likeness (QED) is 0.761. The van der Waals surface area contributed by atoms with Crippen LogP contribution < -0.4 is 20.9 Å². The molecule has 1 heterocycles. The molecule has 0 bridgehead atoms. The van der Waals surface area contributed by atoms with Crippen LogP contribution in [0.5, 0.6) is 11.5 Å². The summed E-state index contributed by atoms with van der Waals surface area (Å²) in [6.07, 6.45) is 0. The van der Waals surface area contributed by atoms with Crippen molar-refractivity contribution in [2.75, 3.05) is 32.3 Å². The van der Waals surface area contributed by atoms with Crippen molar-refractivity contribution in [1.29, 1.82) is 0 Å². The summed E-state index contributed by atoms with van der Waals surface area (Å²) in [5.41, 5.74) is 12.8. The van der Waals surface area contributed by atoms with Crippen molar-refractivity contribution < 1.29 is 14.2 Å². The van der Waals surface area contributed by atoms with Crippen LogP contribution in [-0.2, 0) is 4.74 Å². The number of rotatable bonds is 2. The average molecular weight is 242 g/mol. The molecule has 0 saturated carbocycles. The largest absolute Gasteiger partial charge is 0.494 e. The van der Waals surface area contributed by atoms with Crippen LogP contribution in [0.2, 0.25) is 0 Å². The summed E-state index contributed by atoms with van der Waals surface area (Å²) in [6.45, 7) is 0.449. The highest BCUT2D eigenvalue weighted by Crippen LogP contribution is 2.48. The maximum Gasteiger partial charge on any atom is 0.161 e. The highest BCUT2D eigenvalue weighted by molar-refractivity contribution is 8.00. The molecule has 6 heteroatoms. The van der Waals surface area contributed by atoms with Gasteiger partial charge in [0.15, 0.2) is 5.75 Å². The normalized spacial score (nSPS) is 18.8. The molecule has 1 aliphatic rings. The Morgan fingerprint density at radius 3 is 2.81 bits per heavy atom. The molecule has 0 saturated heterocycles. The molecular weight excluding hydrogens is 228 g/mol. The lowest BCUT2D eigenvalue weighted by molar-refractivity contribution is 0.114. The lowest BCUT2D eigenvalue weighted by atomic mass is 10.2. The lowest BCUT2D eigenvalue weighted by Gasteiger charge is -2.26. The van der Waals surface area contributed by atoms with Crippen molar-refractivity contribution in [1.82, 2.24) is 0 Å². The van der Waals surface area contributed by atoms with Crippen molar-refractivity contribution in [2.45, 2.75) is 10.3 Å². The van der Waals surface area contributed by atoms with E-state index < -0.39 is 0 Å². The van der Waals surface area contributed by atoms with Gasteiger partial charge in [0.25, 0.3) is 0 Å². The third-order valence-corrected chi connectivity index (χ3v) is 3.61. The van der Waals surface area contributed by atoms with Crippen molar-refractivity contribution in [3.8, 4) is 11.5 Å². The van der Waals surface area contributed by atoms with E-state index in [1.165, 1.54) is 11.8 Å². The maximum atomic E-state index is 5.91. The molecule has 88 valence electrons. The summed E-state index contributed by atoms with van der Waals surface area (Å²) in [5.74, 6) is 1.13. The molecule has 1 aromatic rings. The molecule has 0 aliphatic carbocycles. The van der Waals surface area contributed by atoms with Gasteiger partial charge in [0.2, 0.25) is 0 Å². The smallest absolute Gasteiger partial charge is 0.161 e. The summed E-state index contributed by atoms with van der Waals surface area (Å²) >= 11 is 1.51. The third-order valence-electron chi connectivity index (χ3n) is 2.36. The number of hydrogen-bond acceptors (Lipinski definition) is 6. The summed E-state index contributed by atoms with van der Waals surface area (Å²) in [6, 6.07) is 1.70. The molecule has 5 nitrogen and oxygen atoms in total. The molecule has 1 aromatic carbocycles. The van der Waals surface area contributed by atoms with E-state index in [1.54, 1.807) is 20.3 Å². The molecule has 1 atom stereocenters. The number of methoxy groups -OCH3 is 2. The molecule has 0 amide bonds. The standard InChI is InChI=1S/C10H14N2O3S/c1-13-6-3-5(11)10-9(8(6)12)15-4-7(14-2)16-10/h3,7H,4,11-12H2,1-2H3. The van der Waals surface area contributed by atoms with Crippen LogP contribution >= 0.6 is 11.8 Å². The number of ether oxygens (including phenoxy) is 3. The van der Waals surface area contributed by atoms with Crippen molar-refractivity contribution >= 4 is 23.1 Å². The Bertz CT molecular complexity index is 412. The molecule has 16 heavy (non-hydrogen) atoms. The number of benzene rings is 1. The molecule has 0 aromatic heterocycles. The Morgan fingerprint density at radius 2 is 2.19 bits per heavy atom. The minimum Gasteiger partial charge on any atom is -0.494 e. The first-order valence-corrected chi connectivity index (χ1v) is 5.63. The highest BCUT2D eigenvalue weighted by atomic mass is 32.2. The fourth-order valence-electron chi connectivity index (χ4n) is 1.52.